The zero-order valence-electron chi connectivity index (χ0n) is 8.02. The Balaban J connectivity index is 0.00000169. The van der Waals surface area contributed by atoms with Crippen molar-refractivity contribution in [2.75, 3.05) is 26.4 Å². The Morgan fingerprint density at radius 1 is 1.00 bits per heavy atom. The minimum atomic E-state index is 0. The molecule has 14 heavy (non-hydrogen) atoms. The Kier molecular flexibility index (Phi) is 8.33. The van der Waals surface area contributed by atoms with E-state index < -0.39 is 0 Å². The normalized spacial score (nSPS) is 9.21. The van der Waals surface area contributed by atoms with Crippen molar-refractivity contribution in [2.24, 2.45) is 5.73 Å². The fourth-order valence-electron chi connectivity index (χ4n) is 0.921. The first-order valence-electron chi connectivity index (χ1n) is 4.39. The van der Waals surface area contributed by atoms with Crippen molar-refractivity contribution in [1.82, 2.24) is 0 Å². The Hall–Kier alpha value is -0.770. The first kappa shape index (κ1) is 13.2. The van der Waals surface area contributed by atoms with Crippen LogP contribution in [0.2, 0.25) is 0 Å². The molecule has 2 N–H and O–H groups in total. The van der Waals surface area contributed by atoms with Crippen LogP contribution >= 0.6 is 12.4 Å². The Morgan fingerprint density at radius 3 is 2.36 bits per heavy atom. The Morgan fingerprint density at radius 2 is 1.71 bits per heavy atom. The number of nitrogens with two attached hydrogens (primary N) is 1. The predicted molar refractivity (Wildman–Crippen MR) is 59.1 cm³/mol. The summed E-state index contributed by atoms with van der Waals surface area (Å²) in [6, 6.07) is 9.68. The van der Waals surface area contributed by atoms with Crippen molar-refractivity contribution in [3.8, 4) is 5.75 Å². The van der Waals surface area contributed by atoms with Gasteiger partial charge in [-0.25, -0.2) is 0 Å². The molecule has 0 atom stereocenters. The van der Waals surface area contributed by atoms with Gasteiger partial charge in [-0.05, 0) is 12.1 Å². The zero-order valence-corrected chi connectivity index (χ0v) is 8.83. The standard InChI is InChI=1S/C10H15NO2.ClH/c11-6-7-12-8-9-13-10-4-2-1-3-5-10;/h1-5H,6-9,11H2;1H. The van der Waals surface area contributed by atoms with Gasteiger partial charge in [0.05, 0.1) is 13.2 Å². The first-order valence-corrected chi connectivity index (χ1v) is 4.39. The van der Waals surface area contributed by atoms with E-state index in [9.17, 15) is 0 Å². The van der Waals surface area contributed by atoms with Crippen molar-refractivity contribution in [3.63, 3.8) is 0 Å². The quantitative estimate of drug-likeness (QED) is 0.734. The van der Waals surface area contributed by atoms with E-state index in [1.165, 1.54) is 0 Å². The molecule has 0 amide bonds. The molecule has 3 nitrogen and oxygen atoms in total. The lowest BCUT2D eigenvalue weighted by atomic mass is 10.3. The molecule has 0 radical (unpaired) electrons. The van der Waals surface area contributed by atoms with Crippen molar-refractivity contribution < 1.29 is 9.47 Å². The minimum Gasteiger partial charge on any atom is -0.491 e. The van der Waals surface area contributed by atoms with E-state index in [1.807, 2.05) is 30.3 Å². The molecule has 1 aromatic rings. The van der Waals surface area contributed by atoms with Crippen LogP contribution in [0.1, 0.15) is 0 Å². The van der Waals surface area contributed by atoms with Gasteiger partial charge in [0, 0.05) is 6.54 Å². The molecule has 0 fully saturated rings. The average Bonchev–Trinajstić information content (AvgIpc) is 2.19. The van der Waals surface area contributed by atoms with E-state index in [2.05, 4.69) is 0 Å². The summed E-state index contributed by atoms with van der Waals surface area (Å²) in [6.45, 7) is 2.32. The third kappa shape index (κ3) is 5.80. The van der Waals surface area contributed by atoms with Crippen molar-refractivity contribution >= 4 is 12.4 Å². The van der Waals surface area contributed by atoms with Crippen molar-refractivity contribution in [2.45, 2.75) is 0 Å². The Bertz CT molecular complexity index is 219. The molecule has 0 heterocycles. The van der Waals surface area contributed by atoms with Crippen LogP contribution in [-0.4, -0.2) is 26.4 Å². The molecule has 0 aliphatic heterocycles. The van der Waals surface area contributed by atoms with Gasteiger partial charge in [-0.2, -0.15) is 0 Å². The summed E-state index contributed by atoms with van der Waals surface area (Å²) in [5.74, 6) is 0.874. The largest absolute Gasteiger partial charge is 0.491 e. The van der Waals surface area contributed by atoms with Gasteiger partial charge in [0.2, 0.25) is 0 Å². The molecule has 1 aromatic carbocycles. The molecule has 0 spiro atoms. The number of benzene rings is 1. The fraction of sp³-hybridized carbons (Fsp3) is 0.400. The summed E-state index contributed by atoms with van der Waals surface area (Å²) in [5, 5.41) is 0. The van der Waals surface area contributed by atoms with Crippen LogP contribution in [0.3, 0.4) is 0 Å². The second-order valence-electron chi connectivity index (χ2n) is 2.56. The zero-order chi connectivity index (χ0) is 9.36. The third-order valence-corrected chi connectivity index (χ3v) is 1.50. The molecular weight excluding hydrogens is 202 g/mol. The second kappa shape index (κ2) is 8.81. The lowest BCUT2D eigenvalue weighted by Gasteiger charge is -2.05. The Labute approximate surface area is 90.6 Å². The highest BCUT2D eigenvalue weighted by Crippen LogP contribution is 2.07. The van der Waals surface area contributed by atoms with Gasteiger partial charge in [0.25, 0.3) is 0 Å². The van der Waals surface area contributed by atoms with Gasteiger partial charge in [-0.3, -0.25) is 0 Å². The minimum absolute atomic E-state index is 0. The molecule has 0 bridgehead atoms. The van der Waals surface area contributed by atoms with Crippen LogP contribution in [0.25, 0.3) is 0 Å². The van der Waals surface area contributed by atoms with Gasteiger partial charge >= 0.3 is 0 Å². The van der Waals surface area contributed by atoms with E-state index in [-0.39, 0.29) is 12.4 Å². The topological polar surface area (TPSA) is 44.5 Å². The maximum Gasteiger partial charge on any atom is 0.119 e. The van der Waals surface area contributed by atoms with Crippen LogP contribution in [0.5, 0.6) is 5.75 Å². The molecule has 0 saturated heterocycles. The molecule has 0 unspecified atom stereocenters. The smallest absolute Gasteiger partial charge is 0.119 e. The molecule has 0 aliphatic carbocycles. The molecule has 4 heteroatoms. The number of halogens is 1. The highest BCUT2D eigenvalue weighted by molar-refractivity contribution is 5.85. The molecule has 0 aliphatic rings. The number of hydrogen-bond donors (Lipinski definition) is 1. The van der Waals surface area contributed by atoms with Crippen LogP contribution < -0.4 is 10.5 Å². The highest BCUT2D eigenvalue weighted by atomic mass is 35.5. The summed E-state index contributed by atoms with van der Waals surface area (Å²) in [7, 11) is 0. The SMILES string of the molecule is Cl.NCCOCCOc1ccccc1. The maximum atomic E-state index is 5.39. The summed E-state index contributed by atoms with van der Waals surface area (Å²) in [5.41, 5.74) is 5.26. The van der Waals surface area contributed by atoms with Crippen LogP contribution in [-0.2, 0) is 4.74 Å². The van der Waals surface area contributed by atoms with Crippen molar-refractivity contribution in [3.05, 3.63) is 30.3 Å². The molecule has 0 aromatic heterocycles. The number of para-hydroxylation sites is 1. The van der Waals surface area contributed by atoms with Crippen LogP contribution in [0, 0.1) is 0 Å². The third-order valence-electron chi connectivity index (χ3n) is 1.50. The van der Waals surface area contributed by atoms with Crippen LogP contribution in [0.4, 0.5) is 0 Å². The summed E-state index contributed by atoms with van der Waals surface area (Å²) in [4.78, 5) is 0. The van der Waals surface area contributed by atoms with Gasteiger partial charge in [0.1, 0.15) is 12.4 Å². The van der Waals surface area contributed by atoms with Gasteiger partial charge < -0.3 is 15.2 Å². The van der Waals surface area contributed by atoms with Gasteiger partial charge in [-0.1, -0.05) is 18.2 Å². The monoisotopic (exact) mass is 217 g/mol. The van der Waals surface area contributed by atoms with E-state index in [0.29, 0.717) is 26.4 Å². The van der Waals surface area contributed by atoms with Gasteiger partial charge in [-0.15, -0.1) is 12.4 Å². The van der Waals surface area contributed by atoms with E-state index in [4.69, 9.17) is 15.2 Å². The van der Waals surface area contributed by atoms with E-state index in [0.717, 1.165) is 5.75 Å². The first-order chi connectivity index (χ1) is 6.43. The molecule has 0 saturated carbocycles. The van der Waals surface area contributed by atoms with Crippen molar-refractivity contribution in [1.29, 1.82) is 0 Å². The lowest BCUT2D eigenvalue weighted by molar-refractivity contribution is 0.106. The molecule has 80 valence electrons. The summed E-state index contributed by atoms with van der Waals surface area (Å²) in [6.07, 6.45) is 0. The maximum absolute atomic E-state index is 5.39. The predicted octanol–water partition coefficient (Wildman–Crippen LogP) is 1.46. The van der Waals surface area contributed by atoms with Gasteiger partial charge in [0.15, 0.2) is 0 Å². The average molecular weight is 218 g/mol. The second-order valence-corrected chi connectivity index (χ2v) is 2.56. The number of hydrogen-bond acceptors (Lipinski definition) is 3. The number of rotatable bonds is 6. The highest BCUT2D eigenvalue weighted by Gasteiger charge is 1.90. The van der Waals surface area contributed by atoms with E-state index in [1.54, 1.807) is 0 Å². The fourth-order valence-corrected chi connectivity index (χ4v) is 0.921. The molecule has 1 rings (SSSR count). The summed E-state index contributed by atoms with van der Waals surface area (Å²) < 4.78 is 10.5. The van der Waals surface area contributed by atoms with Crippen LogP contribution in [0.15, 0.2) is 30.3 Å². The summed E-state index contributed by atoms with van der Waals surface area (Å²) >= 11 is 0. The lowest BCUT2D eigenvalue weighted by Crippen LogP contribution is -2.13. The molecular formula is C10H16ClNO2. The number of ether oxygens (including phenoxy) is 2. The van der Waals surface area contributed by atoms with E-state index >= 15 is 0 Å².